The smallest absolute Gasteiger partial charge is 0.207 e. The van der Waals surface area contributed by atoms with Crippen molar-refractivity contribution in [3.05, 3.63) is 28.5 Å². The molecule has 1 unspecified atom stereocenters. The number of piperidine rings is 1. The van der Waals surface area contributed by atoms with E-state index >= 15 is 0 Å². The van der Waals surface area contributed by atoms with Crippen LogP contribution in [0.2, 0.25) is 0 Å². The SMILES string of the molecule is CC1CCCCN1S(=O)(=O)c1ccc(Br)cc1F. The highest BCUT2D eigenvalue weighted by atomic mass is 79.9. The van der Waals surface area contributed by atoms with Gasteiger partial charge in [0.1, 0.15) is 10.7 Å². The summed E-state index contributed by atoms with van der Waals surface area (Å²) in [5.41, 5.74) is 0. The van der Waals surface area contributed by atoms with Gasteiger partial charge in [0, 0.05) is 17.1 Å². The van der Waals surface area contributed by atoms with Gasteiger partial charge in [0.2, 0.25) is 10.0 Å². The van der Waals surface area contributed by atoms with Crippen LogP contribution in [0.3, 0.4) is 0 Å². The number of nitrogens with zero attached hydrogens (tertiary/aromatic N) is 1. The molecule has 3 nitrogen and oxygen atoms in total. The summed E-state index contributed by atoms with van der Waals surface area (Å²) < 4.78 is 40.5. The van der Waals surface area contributed by atoms with Crippen molar-refractivity contribution in [3.63, 3.8) is 0 Å². The summed E-state index contributed by atoms with van der Waals surface area (Å²) in [6, 6.07) is 3.98. The fourth-order valence-electron chi connectivity index (χ4n) is 2.24. The monoisotopic (exact) mass is 335 g/mol. The summed E-state index contributed by atoms with van der Waals surface area (Å²) >= 11 is 3.12. The maximum absolute atomic E-state index is 13.8. The molecule has 0 radical (unpaired) electrons. The summed E-state index contributed by atoms with van der Waals surface area (Å²) in [7, 11) is -3.72. The number of hydrogen-bond donors (Lipinski definition) is 0. The van der Waals surface area contributed by atoms with Gasteiger partial charge < -0.3 is 0 Å². The van der Waals surface area contributed by atoms with Crippen molar-refractivity contribution in [2.24, 2.45) is 0 Å². The molecule has 0 amide bonds. The molecule has 0 N–H and O–H groups in total. The zero-order valence-electron chi connectivity index (χ0n) is 10.1. The molecular weight excluding hydrogens is 321 g/mol. The largest absolute Gasteiger partial charge is 0.246 e. The second-order valence-corrected chi connectivity index (χ2v) is 7.31. The third-order valence-electron chi connectivity index (χ3n) is 3.22. The predicted octanol–water partition coefficient (Wildman–Crippen LogP) is 3.15. The number of sulfonamides is 1. The molecule has 1 saturated heterocycles. The van der Waals surface area contributed by atoms with E-state index in [1.165, 1.54) is 16.4 Å². The zero-order chi connectivity index (χ0) is 13.3. The van der Waals surface area contributed by atoms with Gasteiger partial charge in [0.25, 0.3) is 0 Å². The Balaban J connectivity index is 2.41. The van der Waals surface area contributed by atoms with E-state index in [4.69, 9.17) is 0 Å². The van der Waals surface area contributed by atoms with Gasteiger partial charge >= 0.3 is 0 Å². The molecule has 0 aliphatic carbocycles. The Morgan fingerprint density at radius 2 is 2.11 bits per heavy atom. The molecule has 1 aliphatic heterocycles. The van der Waals surface area contributed by atoms with Gasteiger partial charge in [0.05, 0.1) is 0 Å². The molecule has 1 heterocycles. The Morgan fingerprint density at radius 1 is 1.39 bits per heavy atom. The van der Waals surface area contributed by atoms with E-state index in [0.717, 1.165) is 19.3 Å². The lowest BCUT2D eigenvalue weighted by molar-refractivity contribution is 0.268. The maximum atomic E-state index is 13.8. The van der Waals surface area contributed by atoms with Gasteiger partial charge in [-0.05, 0) is 38.0 Å². The van der Waals surface area contributed by atoms with Crippen LogP contribution in [-0.2, 0) is 10.0 Å². The Labute approximate surface area is 115 Å². The topological polar surface area (TPSA) is 37.4 Å². The van der Waals surface area contributed by atoms with Gasteiger partial charge in [-0.15, -0.1) is 0 Å². The second kappa shape index (κ2) is 5.27. The first kappa shape index (κ1) is 14.0. The highest BCUT2D eigenvalue weighted by Crippen LogP contribution is 2.27. The molecule has 6 heteroatoms. The number of halogens is 2. The van der Waals surface area contributed by atoms with Crippen LogP contribution >= 0.6 is 15.9 Å². The Morgan fingerprint density at radius 3 is 2.72 bits per heavy atom. The van der Waals surface area contributed by atoms with Crippen LogP contribution in [0.4, 0.5) is 4.39 Å². The normalized spacial score (nSPS) is 22.1. The van der Waals surface area contributed by atoms with Crippen LogP contribution in [0.25, 0.3) is 0 Å². The number of benzene rings is 1. The Hall–Kier alpha value is -0.460. The molecule has 0 saturated carbocycles. The predicted molar refractivity (Wildman–Crippen MR) is 71.3 cm³/mol. The molecule has 18 heavy (non-hydrogen) atoms. The lowest BCUT2D eigenvalue weighted by Crippen LogP contribution is -2.42. The first-order valence-electron chi connectivity index (χ1n) is 5.90. The van der Waals surface area contributed by atoms with Crippen molar-refractivity contribution in [1.82, 2.24) is 4.31 Å². The fourth-order valence-corrected chi connectivity index (χ4v) is 4.32. The Bertz CT molecular complexity index is 547. The van der Waals surface area contributed by atoms with Crippen molar-refractivity contribution in [2.75, 3.05) is 6.54 Å². The Kier molecular flexibility index (Phi) is 4.08. The van der Waals surface area contributed by atoms with Crippen molar-refractivity contribution in [1.29, 1.82) is 0 Å². The summed E-state index contributed by atoms with van der Waals surface area (Å²) in [5, 5.41) is 0. The average Bonchev–Trinajstić information content (AvgIpc) is 2.28. The number of rotatable bonds is 2. The van der Waals surface area contributed by atoms with E-state index in [2.05, 4.69) is 15.9 Å². The summed E-state index contributed by atoms with van der Waals surface area (Å²) in [5.74, 6) is -0.706. The van der Waals surface area contributed by atoms with E-state index < -0.39 is 15.8 Å². The number of hydrogen-bond acceptors (Lipinski definition) is 2. The van der Waals surface area contributed by atoms with Crippen molar-refractivity contribution in [3.8, 4) is 0 Å². The standard InChI is InChI=1S/C12H15BrFNO2S/c1-9-4-2-3-7-15(9)18(16,17)12-6-5-10(13)8-11(12)14/h5-6,8-9H,2-4,7H2,1H3. The molecule has 1 aliphatic rings. The van der Waals surface area contributed by atoms with Crippen molar-refractivity contribution >= 4 is 26.0 Å². The van der Waals surface area contributed by atoms with Crippen LogP contribution in [0.5, 0.6) is 0 Å². The molecule has 0 aromatic heterocycles. The minimum atomic E-state index is -3.72. The van der Waals surface area contributed by atoms with Crippen molar-refractivity contribution in [2.45, 2.75) is 37.1 Å². The van der Waals surface area contributed by atoms with Gasteiger partial charge in [-0.2, -0.15) is 4.31 Å². The third-order valence-corrected chi connectivity index (χ3v) is 5.76. The molecule has 0 spiro atoms. The van der Waals surface area contributed by atoms with E-state index in [9.17, 15) is 12.8 Å². The first-order valence-corrected chi connectivity index (χ1v) is 8.13. The third kappa shape index (κ3) is 2.60. The second-order valence-electron chi connectivity index (χ2n) is 4.54. The quantitative estimate of drug-likeness (QED) is 0.832. The molecule has 100 valence electrons. The maximum Gasteiger partial charge on any atom is 0.246 e. The van der Waals surface area contributed by atoms with Crippen molar-refractivity contribution < 1.29 is 12.8 Å². The van der Waals surface area contributed by atoms with Crippen LogP contribution in [0, 0.1) is 5.82 Å². The van der Waals surface area contributed by atoms with E-state index in [-0.39, 0.29) is 10.9 Å². The minimum absolute atomic E-state index is 0.0632. The lowest BCUT2D eigenvalue weighted by Gasteiger charge is -2.32. The molecule has 2 rings (SSSR count). The fraction of sp³-hybridized carbons (Fsp3) is 0.500. The van der Waals surface area contributed by atoms with Crippen LogP contribution < -0.4 is 0 Å². The van der Waals surface area contributed by atoms with Gasteiger partial charge in [-0.3, -0.25) is 0 Å². The molecule has 0 bridgehead atoms. The summed E-state index contributed by atoms with van der Waals surface area (Å²) in [6.45, 7) is 2.34. The molecule has 1 aromatic rings. The van der Waals surface area contributed by atoms with Crippen LogP contribution in [0.15, 0.2) is 27.6 Å². The van der Waals surface area contributed by atoms with Crippen LogP contribution in [0.1, 0.15) is 26.2 Å². The molecular formula is C12H15BrFNO2S. The highest BCUT2D eigenvalue weighted by Gasteiger charge is 2.32. The van der Waals surface area contributed by atoms with Gasteiger partial charge in [0.15, 0.2) is 0 Å². The van der Waals surface area contributed by atoms with Gasteiger partial charge in [-0.1, -0.05) is 22.4 Å². The lowest BCUT2D eigenvalue weighted by atomic mass is 10.1. The highest BCUT2D eigenvalue weighted by molar-refractivity contribution is 9.10. The minimum Gasteiger partial charge on any atom is -0.207 e. The van der Waals surface area contributed by atoms with E-state index in [1.54, 1.807) is 6.07 Å². The van der Waals surface area contributed by atoms with Gasteiger partial charge in [-0.25, -0.2) is 12.8 Å². The molecule has 1 atom stereocenters. The van der Waals surface area contributed by atoms with E-state index in [1.807, 2.05) is 6.92 Å². The van der Waals surface area contributed by atoms with Crippen LogP contribution in [-0.4, -0.2) is 25.3 Å². The summed E-state index contributed by atoms with van der Waals surface area (Å²) in [4.78, 5) is -0.237. The average molecular weight is 336 g/mol. The summed E-state index contributed by atoms with van der Waals surface area (Å²) in [6.07, 6.45) is 2.69. The molecule has 1 fully saturated rings. The first-order chi connectivity index (χ1) is 8.43. The molecule has 1 aromatic carbocycles. The van der Waals surface area contributed by atoms with E-state index in [0.29, 0.717) is 11.0 Å². The zero-order valence-corrected chi connectivity index (χ0v) is 12.5.